The van der Waals surface area contributed by atoms with Gasteiger partial charge in [0.15, 0.2) is 5.60 Å². The molecule has 2 nitrogen and oxygen atoms in total. The SMILES string of the molecule is CCC(O)(c1ccc(OCCCBr)cc1)C(F)(F)F. The average Bonchev–Trinajstić information content (AvgIpc) is 2.37. The average molecular weight is 341 g/mol. The standard InChI is InChI=1S/C13H16BrF3O2/c1-2-12(18,13(15,16)17)10-4-6-11(7-5-10)19-9-3-8-14/h4-7,18H,2-3,8-9H2,1H3. The zero-order chi connectivity index (χ0) is 14.5. The van der Waals surface area contributed by atoms with Crippen molar-refractivity contribution < 1.29 is 23.0 Å². The largest absolute Gasteiger partial charge is 0.494 e. The number of hydrogen-bond acceptors (Lipinski definition) is 2. The summed E-state index contributed by atoms with van der Waals surface area (Å²) in [6, 6.07) is 5.38. The van der Waals surface area contributed by atoms with Crippen molar-refractivity contribution in [3.8, 4) is 5.75 Å². The summed E-state index contributed by atoms with van der Waals surface area (Å²) >= 11 is 3.25. The molecule has 0 aliphatic carbocycles. The third-order valence-electron chi connectivity index (χ3n) is 2.86. The smallest absolute Gasteiger partial charge is 0.421 e. The number of benzene rings is 1. The Morgan fingerprint density at radius 1 is 1.21 bits per heavy atom. The van der Waals surface area contributed by atoms with Crippen LogP contribution in [0.15, 0.2) is 24.3 Å². The highest BCUT2D eigenvalue weighted by molar-refractivity contribution is 9.09. The van der Waals surface area contributed by atoms with E-state index in [9.17, 15) is 18.3 Å². The van der Waals surface area contributed by atoms with Gasteiger partial charge < -0.3 is 9.84 Å². The molecule has 0 amide bonds. The predicted molar refractivity (Wildman–Crippen MR) is 70.6 cm³/mol. The van der Waals surface area contributed by atoms with Crippen LogP contribution < -0.4 is 4.74 Å². The molecule has 0 fully saturated rings. The minimum Gasteiger partial charge on any atom is -0.494 e. The van der Waals surface area contributed by atoms with Gasteiger partial charge in [0.2, 0.25) is 0 Å². The monoisotopic (exact) mass is 340 g/mol. The van der Waals surface area contributed by atoms with E-state index in [0.717, 1.165) is 11.8 Å². The van der Waals surface area contributed by atoms with Crippen LogP contribution >= 0.6 is 15.9 Å². The molecular weight excluding hydrogens is 325 g/mol. The molecule has 0 bridgehead atoms. The lowest BCUT2D eigenvalue weighted by Gasteiger charge is -2.29. The van der Waals surface area contributed by atoms with E-state index in [-0.39, 0.29) is 5.56 Å². The molecule has 1 rings (SSSR count). The van der Waals surface area contributed by atoms with E-state index < -0.39 is 18.2 Å². The van der Waals surface area contributed by atoms with Crippen molar-refractivity contribution >= 4 is 15.9 Å². The third kappa shape index (κ3) is 3.86. The van der Waals surface area contributed by atoms with Crippen molar-refractivity contribution in [3.63, 3.8) is 0 Å². The van der Waals surface area contributed by atoms with Gasteiger partial charge >= 0.3 is 6.18 Å². The van der Waals surface area contributed by atoms with E-state index >= 15 is 0 Å². The number of hydrogen-bond donors (Lipinski definition) is 1. The summed E-state index contributed by atoms with van der Waals surface area (Å²) in [5, 5.41) is 10.6. The van der Waals surface area contributed by atoms with E-state index in [1.165, 1.54) is 31.2 Å². The van der Waals surface area contributed by atoms with Crippen molar-refractivity contribution in [2.45, 2.75) is 31.5 Å². The molecule has 0 saturated carbocycles. The summed E-state index contributed by atoms with van der Waals surface area (Å²) in [4.78, 5) is 0. The Labute approximate surface area is 118 Å². The second-order valence-corrected chi connectivity index (χ2v) is 4.92. The lowest BCUT2D eigenvalue weighted by molar-refractivity contribution is -0.267. The second-order valence-electron chi connectivity index (χ2n) is 4.13. The maximum atomic E-state index is 12.9. The summed E-state index contributed by atoms with van der Waals surface area (Å²) in [5.74, 6) is 0.491. The van der Waals surface area contributed by atoms with E-state index in [1.54, 1.807) is 0 Å². The maximum absolute atomic E-state index is 12.9. The van der Waals surface area contributed by atoms with E-state index in [1.807, 2.05) is 0 Å². The molecule has 0 radical (unpaired) electrons. The maximum Gasteiger partial charge on any atom is 0.421 e. The van der Waals surface area contributed by atoms with E-state index in [4.69, 9.17) is 4.74 Å². The van der Waals surface area contributed by atoms with Crippen LogP contribution in [0.25, 0.3) is 0 Å². The van der Waals surface area contributed by atoms with Crippen molar-refractivity contribution in [2.24, 2.45) is 0 Å². The molecule has 0 spiro atoms. The summed E-state index contributed by atoms with van der Waals surface area (Å²) in [5.41, 5.74) is -2.98. The van der Waals surface area contributed by atoms with Crippen molar-refractivity contribution in [3.05, 3.63) is 29.8 Å². The number of rotatable bonds is 6. The Morgan fingerprint density at radius 3 is 2.21 bits per heavy atom. The lowest BCUT2D eigenvalue weighted by Crippen LogP contribution is -2.41. The number of halogens is 4. The van der Waals surface area contributed by atoms with Gasteiger partial charge in [-0.05, 0) is 30.5 Å². The minimum atomic E-state index is -4.69. The topological polar surface area (TPSA) is 29.5 Å². The second kappa shape index (κ2) is 6.61. The Bertz CT molecular complexity index is 392. The van der Waals surface area contributed by atoms with Crippen LogP contribution in [0.1, 0.15) is 25.3 Å². The van der Waals surface area contributed by atoms with Crippen LogP contribution in [0.4, 0.5) is 13.2 Å². The highest BCUT2D eigenvalue weighted by Crippen LogP contribution is 2.41. The molecule has 6 heteroatoms. The first-order valence-corrected chi connectivity index (χ1v) is 7.05. The van der Waals surface area contributed by atoms with Gasteiger partial charge in [0, 0.05) is 5.33 Å². The molecule has 1 aromatic rings. The highest BCUT2D eigenvalue weighted by atomic mass is 79.9. The predicted octanol–water partition coefficient (Wildman–Crippen LogP) is 4.01. The number of aliphatic hydroxyl groups is 1. The number of ether oxygens (including phenoxy) is 1. The summed E-state index contributed by atoms with van der Waals surface area (Å²) in [6.07, 6.45) is -4.32. The van der Waals surface area contributed by atoms with Gasteiger partial charge in [-0.25, -0.2) is 0 Å². The van der Waals surface area contributed by atoms with Gasteiger partial charge in [0.05, 0.1) is 6.61 Å². The third-order valence-corrected chi connectivity index (χ3v) is 3.42. The van der Waals surface area contributed by atoms with Gasteiger partial charge in [0.1, 0.15) is 5.75 Å². The molecule has 1 N–H and O–H groups in total. The molecule has 0 aromatic heterocycles. The van der Waals surface area contributed by atoms with Crippen LogP contribution in [-0.2, 0) is 5.60 Å². The van der Waals surface area contributed by atoms with Crippen LogP contribution in [0.3, 0.4) is 0 Å². The first-order valence-electron chi connectivity index (χ1n) is 5.93. The lowest BCUT2D eigenvalue weighted by atomic mass is 9.90. The molecule has 0 heterocycles. The Kier molecular flexibility index (Phi) is 5.67. The quantitative estimate of drug-likeness (QED) is 0.626. The van der Waals surface area contributed by atoms with Gasteiger partial charge in [-0.1, -0.05) is 35.0 Å². The fourth-order valence-electron chi connectivity index (χ4n) is 1.64. The number of alkyl halides is 4. The highest BCUT2D eigenvalue weighted by Gasteiger charge is 2.53. The van der Waals surface area contributed by atoms with Crippen LogP contribution in [0.2, 0.25) is 0 Å². The molecule has 19 heavy (non-hydrogen) atoms. The first-order chi connectivity index (χ1) is 8.85. The molecule has 0 aliphatic heterocycles. The van der Waals surface area contributed by atoms with Crippen LogP contribution in [0.5, 0.6) is 5.75 Å². The summed E-state index contributed by atoms with van der Waals surface area (Å²) < 4.78 is 43.9. The Hall–Kier alpha value is -0.750. The van der Waals surface area contributed by atoms with Crippen LogP contribution in [-0.4, -0.2) is 23.2 Å². The van der Waals surface area contributed by atoms with Crippen molar-refractivity contribution in [1.29, 1.82) is 0 Å². The normalized spacial score (nSPS) is 15.1. The van der Waals surface area contributed by atoms with Crippen molar-refractivity contribution in [1.82, 2.24) is 0 Å². The molecule has 108 valence electrons. The van der Waals surface area contributed by atoms with Gasteiger partial charge in [-0.3, -0.25) is 0 Å². The zero-order valence-corrected chi connectivity index (χ0v) is 12.1. The first kappa shape index (κ1) is 16.3. The molecule has 1 aromatic carbocycles. The summed E-state index contributed by atoms with van der Waals surface area (Å²) in [6.45, 7) is 1.79. The molecule has 0 aliphatic rings. The summed E-state index contributed by atoms with van der Waals surface area (Å²) in [7, 11) is 0. The fraction of sp³-hybridized carbons (Fsp3) is 0.538. The molecular formula is C13H16BrF3O2. The molecule has 0 saturated heterocycles. The molecule has 1 atom stereocenters. The van der Waals surface area contributed by atoms with Crippen LogP contribution in [0, 0.1) is 0 Å². The van der Waals surface area contributed by atoms with Gasteiger partial charge in [-0.2, -0.15) is 13.2 Å². The zero-order valence-electron chi connectivity index (χ0n) is 10.5. The minimum absolute atomic E-state index is 0.171. The Morgan fingerprint density at radius 2 is 1.79 bits per heavy atom. The van der Waals surface area contributed by atoms with Gasteiger partial charge in [-0.15, -0.1) is 0 Å². The Balaban J connectivity index is 2.85. The van der Waals surface area contributed by atoms with E-state index in [2.05, 4.69) is 15.9 Å². The fourth-order valence-corrected chi connectivity index (χ4v) is 1.87. The van der Waals surface area contributed by atoms with E-state index in [0.29, 0.717) is 12.4 Å². The van der Waals surface area contributed by atoms with Gasteiger partial charge in [0.25, 0.3) is 0 Å². The molecule has 1 unspecified atom stereocenters. The van der Waals surface area contributed by atoms with Crippen molar-refractivity contribution in [2.75, 3.05) is 11.9 Å².